The van der Waals surface area contributed by atoms with E-state index in [0.717, 1.165) is 90.8 Å². The number of rotatable bonds is 8. The summed E-state index contributed by atoms with van der Waals surface area (Å²) in [5.74, 6) is 1.82. The molecule has 0 bridgehead atoms. The Labute approximate surface area is 478 Å². The van der Waals surface area contributed by atoms with Crippen LogP contribution in [0.1, 0.15) is 140 Å². The van der Waals surface area contributed by atoms with Crippen molar-refractivity contribution in [3.63, 3.8) is 0 Å². The lowest BCUT2D eigenvalue weighted by atomic mass is 9.61. The number of ether oxygens (including phenoxy) is 1. The Kier molecular flexibility index (Phi) is 11.6. The van der Waals surface area contributed by atoms with Crippen LogP contribution in [0.4, 0.5) is 22.7 Å². The van der Waals surface area contributed by atoms with Crippen LogP contribution in [0.3, 0.4) is 0 Å². The first-order valence-electron chi connectivity index (χ1n) is 30.0. The molecule has 12 rings (SSSR count). The van der Waals surface area contributed by atoms with Gasteiger partial charge in [-0.3, -0.25) is 4.57 Å². The number of hydrogen-bond donors (Lipinski definition) is 0. The lowest BCUT2D eigenvalue weighted by Crippen LogP contribution is -2.34. The molecule has 1 aliphatic heterocycles. The zero-order chi connectivity index (χ0) is 58.8. The number of aromatic nitrogens is 2. The van der Waals surface area contributed by atoms with Gasteiger partial charge < -0.3 is 4.74 Å². The van der Waals surface area contributed by atoms with Gasteiger partial charge in [0, 0.05) is 50.9 Å². The van der Waals surface area contributed by atoms with Crippen LogP contribution >= 0.6 is 0 Å². The standard InChI is InChI=1S/C75H76N4O/c1-48-39-68(76-46-62(48)61-29-22-30-63-69(61)75(13,14)38-37-74(63,11)12)79-66-43-51(71(2,3)4)33-35-59(66)60-36-34-56(45-67(60)79)80-55-26-20-25-54(44-55)77-47-78(65-32-19-18-31-64(65)77)70-57(49-23-16-15-17-24-49)27-21-28-58(70)50-40-52(72(5,6)7)42-53(41-50)73(8,9)10/h15-36,39-46H,37-38H2,1-14H3/q+2/i1D3. The summed E-state index contributed by atoms with van der Waals surface area (Å²) in [7, 11) is 0. The monoisotopic (exact) mass is 1050 g/mol. The molecule has 2 aromatic heterocycles. The highest BCUT2D eigenvalue weighted by atomic mass is 16.5. The molecule has 10 aromatic rings. The van der Waals surface area contributed by atoms with E-state index in [1.54, 1.807) is 6.07 Å². The number of para-hydroxylation sites is 3. The molecule has 5 nitrogen and oxygen atoms in total. The maximum atomic E-state index is 9.08. The number of pyridine rings is 1. The average molecular weight is 1050 g/mol. The second kappa shape index (κ2) is 19.0. The third kappa shape index (κ3) is 9.30. The molecule has 2 aliphatic rings. The van der Waals surface area contributed by atoms with Gasteiger partial charge in [0.2, 0.25) is 11.4 Å². The van der Waals surface area contributed by atoms with Crippen LogP contribution in [0.2, 0.25) is 0 Å². The summed E-state index contributed by atoms with van der Waals surface area (Å²) in [6.07, 6.45) is 3.87. The third-order valence-corrected chi connectivity index (χ3v) is 17.1. The highest BCUT2D eigenvalue weighted by molar-refractivity contribution is 6.10. The molecule has 0 fully saturated rings. The van der Waals surface area contributed by atoms with Gasteiger partial charge in [-0.05, 0) is 148 Å². The Morgan fingerprint density at radius 1 is 0.512 bits per heavy atom. The summed E-state index contributed by atoms with van der Waals surface area (Å²) in [5, 5.41) is 2.05. The lowest BCUT2D eigenvalue weighted by molar-refractivity contribution is 0.333. The molecule has 0 saturated carbocycles. The summed E-state index contributed by atoms with van der Waals surface area (Å²) in [6.45, 7) is 27.2. The van der Waals surface area contributed by atoms with Gasteiger partial charge in [-0.1, -0.05) is 193 Å². The van der Waals surface area contributed by atoms with E-state index >= 15 is 0 Å². The predicted molar refractivity (Wildman–Crippen MR) is 338 cm³/mol. The molecule has 80 heavy (non-hydrogen) atoms. The van der Waals surface area contributed by atoms with Crippen LogP contribution in [0, 0.1) is 6.85 Å². The molecule has 3 heterocycles. The van der Waals surface area contributed by atoms with Crippen LogP contribution in [-0.2, 0) is 27.1 Å². The Balaban J connectivity index is 1.00. The van der Waals surface area contributed by atoms with E-state index in [1.807, 2.05) is 24.4 Å². The van der Waals surface area contributed by atoms with E-state index in [4.69, 9.17) is 13.8 Å². The Bertz CT molecular complexity index is 4290. The number of nitrogens with zero attached hydrogens (tertiary/aromatic N) is 4. The number of fused-ring (bicyclic) bond motifs is 5. The van der Waals surface area contributed by atoms with Crippen molar-refractivity contribution in [1.29, 1.82) is 0 Å². The van der Waals surface area contributed by atoms with Gasteiger partial charge in [-0.15, -0.1) is 0 Å². The van der Waals surface area contributed by atoms with Gasteiger partial charge in [0.05, 0.1) is 28.2 Å². The van der Waals surface area contributed by atoms with Crippen molar-refractivity contribution in [2.45, 2.75) is 137 Å². The van der Waals surface area contributed by atoms with E-state index in [0.29, 0.717) is 22.9 Å². The molecule has 400 valence electrons. The van der Waals surface area contributed by atoms with Crippen LogP contribution in [-0.4, -0.2) is 15.6 Å². The van der Waals surface area contributed by atoms with Gasteiger partial charge in [-0.2, -0.15) is 0 Å². The summed E-state index contributed by atoms with van der Waals surface area (Å²) in [4.78, 5) is 5.24. The van der Waals surface area contributed by atoms with Crippen molar-refractivity contribution >= 4 is 50.6 Å². The Morgan fingerprint density at radius 3 is 1.79 bits per heavy atom. The summed E-state index contributed by atoms with van der Waals surface area (Å²) >= 11 is 0. The minimum atomic E-state index is -2.43. The molecule has 0 spiro atoms. The van der Waals surface area contributed by atoms with Crippen LogP contribution in [0.5, 0.6) is 11.5 Å². The van der Waals surface area contributed by atoms with E-state index in [-0.39, 0.29) is 32.6 Å². The van der Waals surface area contributed by atoms with Gasteiger partial charge in [-0.25, -0.2) is 4.98 Å². The maximum Gasteiger partial charge on any atom is 0.503 e. The topological polar surface area (TPSA) is 33.1 Å². The Hall–Kier alpha value is -8.11. The van der Waals surface area contributed by atoms with E-state index in [1.165, 1.54) is 22.3 Å². The first-order chi connectivity index (χ1) is 39.2. The smallest absolute Gasteiger partial charge is 0.457 e. The number of aryl methyl sites for hydroxylation is 1. The van der Waals surface area contributed by atoms with E-state index < -0.39 is 6.85 Å². The Morgan fingerprint density at radius 2 is 1.10 bits per heavy atom. The van der Waals surface area contributed by atoms with Crippen LogP contribution in [0.15, 0.2) is 182 Å². The minimum absolute atomic E-state index is 0.0435. The molecule has 1 aliphatic carbocycles. The second-order valence-electron chi connectivity index (χ2n) is 26.8. The second-order valence-corrected chi connectivity index (χ2v) is 26.8. The molecule has 0 amide bonds. The SMILES string of the molecule is [2H]C([2H])([2H])c1cc(-n2c3cc(Oc4cccc([N+]5=C=[N+](c6c(-c7ccccc7)cccc6-c6cc(C(C)(C)C)cc(C(C)(C)C)c6)c6ccccc65)c4)ccc3c3ccc(C(C)(C)C)cc32)ncc1-c1cccc2c1C(C)(C)CCC2(C)C. The summed E-state index contributed by atoms with van der Waals surface area (Å²) in [6, 6.07) is 66.1. The first-order valence-corrected chi connectivity index (χ1v) is 28.5. The zero-order valence-corrected chi connectivity index (χ0v) is 48.9. The quantitative estimate of drug-likeness (QED) is 0.142. The predicted octanol–water partition coefficient (Wildman–Crippen LogP) is 20.4. The van der Waals surface area contributed by atoms with Crippen molar-refractivity contribution in [2.75, 3.05) is 0 Å². The van der Waals surface area contributed by atoms with E-state index in [2.05, 4.69) is 261 Å². The summed E-state index contributed by atoms with van der Waals surface area (Å²) < 4.78 is 40.7. The average Bonchev–Trinajstić information content (AvgIpc) is 3.75. The largest absolute Gasteiger partial charge is 0.503 e. The third-order valence-electron chi connectivity index (χ3n) is 17.1. The van der Waals surface area contributed by atoms with Gasteiger partial charge in [0.15, 0.2) is 0 Å². The molecule has 8 aromatic carbocycles. The van der Waals surface area contributed by atoms with Crippen LogP contribution in [0.25, 0.3) is 61.0 Å². The minimum Gasteiger partial charge on any atom is -0.457 e. The molecule has 0 radical (unpaired) electrons. The fourth-order valence-electron chi connectivity index (χ4n) is 12.3. The molecular weight excluding hydrogens is 973 g/mol. The number of hydrogen-bond acceptors (Lipinski definition) is 2. The molecular formula is C75H76N4O+2. The van der Waals surface area contributed by atoms with Crippen molar-refractivity contribution < 1.29 is 8.85 Å². The van der Waals surface area contributed by atoms with Gasteiger partial charge >= 0.3 is 6.01 Å². The van der Waals surface area contributed by atoms with Gasteiger partial charge in [0.25, 0.3) is 11.4 Å². The first kappa shape index (κ1) is 49.0. The van der Waals surface area contributed by atoms with Crippen molar-refractivity contribution in [1.82, 2.24) is 18.7 Å². The summed E-state index contributed by atoms with van der Waals surface area (Å²) in [5.41, 5.74) is 17.9. The normalized spacial score (nSPS) is 15.6. The molecule has 0 atom stereocenters. The van der Waals surface area contributed by atoms with Gasteiger partial charge in [0.1, 0.15) is 17.3 Å². The highest BCUT2D eigenvalue weighted by Crippen LogP contribution is 2.51. The maximum absolute atomic E-state index is 9.08. The fourth-order valence-corrected chi connectivity index (χ4v) is 12.3. The lowest BCUT2D eigenvalue weighted by Gasteiger charge is -2.43. The van der Waals surface area contributed by atoms with Crippen LogP contribution < -0.4 is 13.9 Å². The molecule has 0 N–H and O–H groups in total. The fraction of sp³-hybridized carbons (Fsp3) is 0.280. The molecule has 0 unspecified atom stereocenters. The van der Waals surface area contributed by atoms with E-state index in [9.17, 15) is 0 Å². The zero-order valence-electron chi connectivity index (χ0n) is 51.9. The highest BCUT2D eigenvalue weighted by Gasteiger charge is 2.41. The van der Waals surface area contributed by atoms with Crippen molar-refractivity contribution in [3.05, 3.63) is 216 Å². The molecule has 0 saturated heterocycles. The number of benzene rings is 8. The van der Waals surface area contributed by atoms with Crippen molar-refractivity contribution in [3.8, 4) is 50.7 Å². The molecule has 5 heteroatoms. The van der Waals surface area contributed by atoms with Crippen molar-refractivity contribution in [2.24, 2.45) is 0 Å².